The molecule has 25 heavy (non-hydrogen) atoms. The lowest BCUT2D eigenvalue weighted by atomic mass is 10.2. The molecule has 0 radical (unpaired) electrons. The molecule has 128 valence electrons. The quantitative estimate of drug-likeness (QED) is 0.726. The van der Waals surface area contributed by atoms with Gasteiger partial charge in [0, 0.05) is 24.2 Å². The maximum Gasteiger partial charge on any atom is 0.255 e. The third kappa shape index (κ3) is 3.74. The Kier molecular flexibility index (Phi) is 4.37. The van der Waals surface area contributed by atoms with Crippen molar-refractivity contribution in [3.63, 3.8) is 0 Å². The van der Waals surface area contributed by atoms with E-state index in [0.29, 0.717) is 5.56 Å². The van der Waals surface area contributed by atoms with E-state index in [-0.39, 0.29) is 10.6 Å². The normalized spacial score (nSPS) is 11.3. The zero-order valence-electron chi connectivity index (χ0n) is 13.2. The van der Waals surface area contributed by atoms with Crippen LogP contribution in [0.25, 0.3) is 5.69 Å². The molecule has 0 bridgehead atoms. The first-order valence-corrected chi connectivity index (χ1v) is 9.15. The van der Waals surface area contributed by atoms with Crippen molar-refractivity contribution in [2.45, 2.75) is 4.90 Å². The van der Waals surface area contributed by atoms with Gasteiger partial charge in [0.15, 0.2) is 9.84 Å². The second-order valence-electron chi connectivity index (χ2n) is 5.37. The summed E-state index contributed by atoms with van der Waals surface area (Å²) in [5.41, 5.74) is 0.885. The average Bonchev–Trinajstić information content (AvgIpc) is 3.10. The van der Waals surface area contributed by atoms with Crippen LogP contribution in [0.3, 0.4) is 0 Å². The number of halogens is 1. The minimum atomic E-state index is -3.50. The molecular formula is C17H14FN3O3S. The summed E-state index contributed by atoms with van der Waals surface area (Å²) in [6.45, 7) is 0. The Balaban J connectivity index is 1.83. The molecule has 3 rings (SSSR count). The van der Waals surface area contributed by atoms with Gasteiger partial charge in [0.2, 0.25) is 0 Å². The number of anilines is 1. The lowest BCUT2D eigenvalue weighted by molar-refractivity contribution is 0.102. The maximum absolute atomic E-state index is 13.9. The van der Waals surface area contributed by atoms with Gasteiger partial charge in [-0.3, -0.25) is 4.79 Å². The van der Waals surface area contributed by atoms with Crippen LogP contribution in [-0.4, -0.2) is 30.4 Å². The molecule has 0 saturated heterocycles. The summed E-state index contributed by atoms with van der Waals surface area (Å²) in [6, 6.07) is 11.6. The van der Waals surface area contributed by atoms with Gasteiger partial charge < -0.3 is 5.32 Å². The van der Waals surface area contributed by atoms with Gasteiger partial charge >= 0.3 is 0 Å². The highest BCUT2D eigenvalue weighted by Crippen LogP contribution is 2.20. The molecule has 0 atom stereocenters. The second-order valence-corrected chi connectivity index (χ2v) is 7.38. The molecular weight excluding hydrogens is 345 g/mol. The van der Waals surface area contributed by atoms with E-state index in [1.165, 1.54) is 0 Å². The number of rotatable bonds is 4. The van der Waals surface area contributed by atoms with E-state index in [4.69, 9.17) is 0 Å². The van der Waals surface area contributed by atoms with Crippen molar-refractivity contribution in [1.29, 1.82) is 0 Å². The molecule has 6 nitrogen and oxygen atoms in total. The van der Waals surface area contributed by atoms with Crippen LogP contribution in [-0.2, 0) is 9.84 Å². The average molecular weight is 359 g/mol. The molecule has 3 aromatic rings. The summed E-state index contributed by atoms with van der Waals surface area (Å²) in [6.07, 6.45) is 4.42. The largest absolute Gasteiger partial charge is 0.319 e. The smallest absolute Gasteiger partial charge is 0.255 e. The summed E-state index contributed by atoms with van der Waals surface area (Å²) in [5, 5.41) is 6.48. The van der Waals surface area contributed by atoms with Crippen LogP contribution in [0, 0.1) is 5.82 Å². The van der Waals surface area contributed by atoms with Crippen LogP contribution in [0.4, 0.5) is 10.1 Å². The molecule has 0 spiro atoms. The monoisotopic (exact) mass is 359 g/mol. The number of carbonyl (C=O) groups is 1. The number of aromatic nitrogens is 2. The summed E-state index contributed by atoms with van der Waals surface area (Å²) >= 11 is 0. The van der Waals surface area contributed by atoms with Crippen molar-refractivity contribution in [2.75, 3.05) is 11.6 Å². The standard InChI is InChI=1S/C17H14FN3O3S/c1-25(23,24)14-7-8-15(18)16(11-14)20-17(22)12-3-5-13(6-4-12)21-10-2-9-19-21/h2-11H,1H3,(H,20,22). The minimum Gasteiger partial charge on any atom is -0.319 e. The number of sulfone groups is 1. The van der Waals surface area contributed by atoms with Gasteiger partial charge in [0.1, 0.15) is 5.82 Å². The summed E-state index contributed by atoms with van der Waals surface area (Å²) < 4.78 is 38.6. The first-order chi connectivity index (χ1) is 11.8. The molecule has 0 aliphatic heterocycles. The van der Waals surface area contributed by atoms with Crippen LogP contribution in [0.15, 0.2) is 65.8 Å². The number of hydrogen-bond acceptors (Lipinski definition) is 4. The molecule has 2 aromatic carbocycles. The summed E-state index contributed by atoms with van der Waals surface area (Å²) in [5.74, 6) is -1.26. The first kappa shape index (κ1) is 16.8. The van der Waals surface area contributed by atoms with Crippen molar-refractivity contribution >= 4 is 21.4 Å². The lowest BCUT2D eigenvalue weighted by Gasteiger charge is -2.09. The number of nitrogens with zero attached hydrogens (tertiary/aromatic N) is 2. The maximum atomic E-state index is 13.9. The van der Waals surface area contributed by atoms with Crippen molar-refractivity contribution in [3.8, 4) is 5.69 Å². The Morgan fingerprint density at radius 1 is 1.16 bits per heavy atom. The van der Waals surface area contributed by atoms with Crippen molar-refractivity contribution in [3.05, 3.63) is 72.3 Å². The molecule has 1 heterocycles. The molecule has 8 heteroatoms. The second kappa shape index (κ2) is 6.48. The van der Waals surface area contributed by atoms with Gasteiger partial charge in [0.05, 0.1) is 16.3 Å². The predicted octanol–water partition coefficient (Wildman–Crippen LogP) is 2.67. The number of amides is 1. The summed E-state index contributed by atoms with van der Waals surface area (Å²) in [4.78, 5) is 12.2. The van der Waals surface area contributed by atoms with Gasteiger partial charge in [0.25, 0.3) is 5.91 Å². The fourth-order valence-electron chi connectivity index (χ4n) is 2.21. The SMILES string of the molecule is CS(=O)(=O)c1ccc(F)c(NC(=O)c2ccc(-n3cccn3)cc2)c1. The highest BCUT2D eigenvalue weighted by Gasteiger charge is 2.14. The van der Waals surface area contributed by atoms with Crippen LogP contribution in [0.2, 0.25) is 0 Å². The van der Waals surface area contributed by atoms with E-state index in [9.17, 15) is 17.6 Å². The number of benzene rings is 2. The Morgan fingerprint density at radius 3 is 2.48 bits per heavy atom. The minimum absolute atomic E-state index is 0.0711. The Morgan fingerprint density at radius 2 is 1.88 bits per heavy atom. The molecule has 1 N–H and O–H groups in total. The fourth-order valence-corrected chi connectivity index (χ4v) is 2.86. The molecule has 0 aliphatic rings. The topological polar surface area (TPSA) is 81.1 Å². The molecule has 0 saturated carbocycles. The Hall–Kier alpha value is -3.00. The van der Waals surface area contributed by atoms with E-state index in [1.54, 1.807) is 47.4 Å². The van der Waals surface area contributed by atoms with E-state index >= 15 is 0 Å². The van der Waals surface area contributed by atoms with Crippen LogP contribution >= 0.6 is 0 Å². The van der Waals surface area contributed by atoms with Gasteiger partial charge in [-0.2, -0.15) is 5.10 Å². The van der Waals surface area contributed by atoms with Gasteiger partial charge in [-0.05, 0) is 48.5 Å². The van der Waals surface area contributed by atoms with E-state index < -0.39 is 21.6 Å². The predicted molar refractivity (Wildman–Crippen MR) is 91.0 cm³/mol. The van der Waals surface area contributed by atoms with Gasteiger partial charge in [-0.15, -0.1) is 0 Å². The van der Waals surface area contributed by atoms with E-state index in [1.807, 2.05) is 0 Å². The van der Waals surface area contributed by atoms with E-state index in [0.717, 1.165) is 30.1 Å². The van der Waals surface area contributed by atoms with Gasteiger partial charge in [-0.25, -0.2) is 17.5 Å². The van der Waals surface area contributed by atoms with Crippen LogP contribution < -0.4 is 5.32 Å². The van der Waals surface area contributed by atoms with Crippen molar-refractivity contribution in [2.24, 2.45) is 0 Å². The number of hydrogen-bond donors (Lipinski definition) is 1. The van der Waals surface area contributed by atoms with Gasteiger partial charge in [-0.1, -0.05) is 0 Å². The third-order valence-electron chi connectivity index (χ3n) is 3.51. The van der Waals surface area contributed by atoms with Crippen molar-refractivity contribution in [1.82, 2.24) is 9.78 Å². The fraction of sp³-hybridized carbons (Fsp3) is 0.0588. The zero-order valence-corrected chi connectivity index (χ0v) is 14.0. The lowest BCUT2D eigenvalue weighted by Crippen LogP contribution is -2.13. The van der Waals surface area contributed by atoms with E-state index in [2.05, 4.69) is 10.4 Å². The molecule has 1 aromatic heterocycles. The Bertz CT molecular complexity index is 1010. The zero-order chi connectivity index (χ0) is 18.0. The van der Waals surface area contributed by atoms with Crippen molar-refractivity contribution < 1.29 is 17.6 Å². The van der Waals surface area contributed by atoms with Crippen LogP contribution in [0.1, 0.15) is 10.4 Å². The molecule has 0 fully saturated rings. The highest BCUT2D eigenvalue weighted by molar-refractivity contribution is 7.90. The molecule has 0 aliphatic carbocycles. The summed E-state index contributed by atoms with van der Waals surface area (Å²) in [7, 11) is -3.50. The molecule has 1 amide bonds. The third-order valence-corrected chi connectivity index (χ3v) is 4.62. The number of carbonyl (C=O) groups excluding carboxylic acids is 1. The highest BCUT2D eigenvalue weighted by atomic mass is 32.2. The first-order valence-electron chi connectivity index (χ1n) is 7.25. The Labute approximate surface area is 143 Å². The van der Waals surface area contributed by atoms with Crippen LogP contribution in [0.5, 0.6) is 0 Å². The molecule has 0 unspecified atom stereocenters. The number of nitrogens with one attached hydrogen (secondary N) is 1.